The van der Waals surface area contributed by atoms with Crippen molar-refractivity contribution in [3.63, 3.8) is 0 Å². The number of anilines is 1. The van der Waals surface area contributed by atoms with Gasteiger partial charge >= 0.3 is 0 Å². The summed E-state index contributed by atoms with van der Waals surface area (Å²) in [6.07, 6.45) is 1.68. The Hall–Kier alpha value is -0.280. The first kappa shape index (κ1) is 8.81. The van der Waals surface area contributed by atoms with Crippen LogP contribution in [0, 0.1) is 0 Å². The molecule has 0 aromatic carbocycles. The summed E-state index contributed by atoms with van der Waals surface area (Å²) in [6, 6.07) is 0.470. The van der Waals surface area contributed by atoms with Gasteiger partial charge in [0, 0.05) is 13.1 Å². The topological polar surface area (TPSA) is 16.1 Å². The first-order valence-corrected chi connectivity index (χ1v) is 4.65. The van der Waals surface area contributed by atoms with Gasteiger partial charge in [-0.2, -0.15) is 0 Å². The van der Waals surface area contributed by atoms with E-state index in [1.54, 1.807) is 6.20 Å². The van der Waals surface area contributed by atoms with Gasteiger partial charge in [-0.05, 0) is 13.8 Å². The molecule has 1 aromatic heterocycles. The molecule has 11 heavy (non-hydrogen) atoms. The van der Waals surface area contributed by atoms with E-state index in [-0.39, 0.29) is 0 Å². The van der Waals surface area contributed by atoms with Crippen LogP contribution in [-0.2, 0) is 0 Å². The summed E-state index contributed by atoms with van der Waals surface area (Å²) < 4.78 is 0.743. The summed E-state index contributed by atoms with van der Waals surface area (Å²) in [6.45, 7) is 4.24. The zero-order valence-corrected chi connectivity index (χ0v) is 8.41. The second-order valence-corrected chi connectivity index (χ2v) is 4.29. The van der Waals surface area contributed by atoms with Crippen molar-refractivity contribution in [3.8, 4) is 0 Å². The van der Waals surface area contributed by atoms with E-state index in [1.165, 1.54) is 11.3 Å². The highest BCUT2D eigenvalue weighted by atomic mass is 35.5. The van der Waals surface area contributed by atoms with Gasteiger partial charge in [0.05, 0.1) is 6.20 Å². The Balaban J connectivity index is 2.76. The van der Waals surface area contributed by atoms with Crippen molar-refractivity contribution in [1.82, 2.24) is 4.98 Å². The van der Waals surface area contributed by atoms with Crippen molar-refractivity contribution < 1.29 is 0 Å². The van der Waals surface area contributed by atoms with Crippen LogP contribution >= 0.6 is 22.9 Å². The molecule has 0 fully saturated rings. The lowest BCUT2D eigenvalue weighted by molar-refractivity contribution is 0.751. The van der Waals surface area contributed by atoms with E-state index in [0.29, 0.717) is 6.04 Å². The summed E-state index contributed by atoms with van der Waals surface area (Å²) in [4.78, 5) is 6.24. The highest BCUT2D eigenvalue weighted by Crippen LogP contribution is 2.26. The fourth-order valence-corrected chi connectivity index (χ4v) is 1.63. The van der Waals surface area contributed by atoms with Crippen molar-refractivity contribution in [2.45, 2.75) is 19.9 Å². The molecule has 0 aliphatic rings. The molecule has 0 saturated carbocycles. The third-order valence-corrected chi connectivity index (χ3v) is 2.75. The van der Waals surface area contributed by atoms with Crippen LogP contribution in [0.1, 0.15) is 13.8 Å². The van der Waals surface area contributed by atoms with Crippen LogP contribution < -0.4 is 4.90 Å². The number of thiazole rings is 1. The number of aromatic nitrogens is 1. The molecule has 0 spiro atoms. The van der Waals surface area contributed by atoms with Crippen molar-refractivity contribution in [2.24, 2.45) is 0 Å². The molecule has 1 aromatic rings. The highest BCUT2D eigenvalue weighted by Gasteiger charge is 2.07. The molecule has 0 atom stereocenters. The van der Waals surface area contributed by atoms with Crippen LogP contribution in [0.3, 0.4) is 0 Å². The minimum Gasteiger partial charge on any atom is -0.349 e. The Morgan fingerprint density at radius 3 is 2.64 bits per heavy atom. The molecule has 0 aliphatic heterocycles. The maximum atomic E-state index is 5.74. The van der Waals surface area contributed by atoms with Crippen LogP contribution in [0.25, 0.3) is 0 Å². The lowest BCUT2D eigenvalue weighted by Crippen LogP contribution is -2.25. The molecular formula is C7H11ClN2S. The molecule has 0 unspecified atom stereocenters. The lowest BCUT2D eigenvalue weighted by atomic mass is 10.4. The molecule has 0 saturated heterocycles. The molecule has 4 heteroatoms. The van der Waals surface area contributed by atoms with Gasteiger partial charge in [-0.1, -0.05) is 22.9 Å². The van der Waals surface area contributed by atoms with E-state index in [9.17, 15) is 0 Å². The summed E-state index contributed by atoms with van der Waals surface area (Å²) in [5.41, 5.74) is 0. The Morgan fingerprint density at radius 2 is 2.27 bits per heavy atom. The van der Waals surface area contributed by atoms with Crippen LogP contribution in [0.5, 0.6) is 0 Å². The second kappa shape index (κ2) is 3.41. The van der Waals surface area contributed by atoms with Crippen molar-refractivity contribution in [3.05, 3.63) is 10.5 Å². The predicted molar refractivity (Wildman–Crippen MR) is 50.7 cm³/mol. The molecule has 0 aliphatic carbocycles. The van der Waals surface area contributed by atoms with E-state index < -0.39 is 0 Å². The molecule has 1 rings (SSSR count). The Labute approximate surface area is 75.8 Å². The average molecular weight is 191 g/mol. The monoisotopic (exact) mass is 190 g/mol. The van der Waals surface area contributed by atoms with E-state index >= 15 is 0 Å². The Bertz CT molecular complexity index is 234. The minimum absolute atomic E-state index is 0.470. The van der Waals surface area contributed by atoms with Gasteiger partial charge in [-0.25, -0.2) is 4.98 Å². The molecular weight excluding hydrogens is 180 g/mol. The van der Waals surface area contributed by atoms with E-state index in [4.69, 9.17) is 11.6 Å². The van der Waals surface area contributed by atoms with Gasteiger partial charge in [-0.3, -0.25) is 0 Å². The van der Waals surface area contributed by atoms with E-state index in [2.05, 4.69) is 23.7 Å². The van der Waals surface area contributed by atoms with Crippen molar-refractivity contribution >= 4 is 28.1 Å². The van der Waals surface area contributed by atoms with Crippen molar-refractivity contribution in [1.29, 1.82) is 0 Å². The maximum absolute atomic E-state index is 5.74. The summed E-state index contributed by atoms with van der Waals surface area (Å²) in [5.74, 6) is 0. The average Bonchev–Trinajstić information content (AvgIpc) is 2.34. The van der Waals surface area contributed by atoms with Crippen molar-refractivity contribution in [2.75, 3.05) is 11.9 Å². The van der Waals surface area contributed by atoms with Gasteiger partial charge in [0.15, 0.2) is 5.13 Å². The normalized spacial score (nSPS) is 10.6. The summed E-state index contributed by atoms with van der Waals surface area (Å²) in [7, 11) is 2.01. The number of rotatable bonds is 2. The zero-order chi connectivity index (χ0) is 8.43. The maximum Gasteiger partial charge on any atom is 0.186 e. The lowest BCUT2D eigenvalue weighted by Gasteiger charge is -2.19. The standard InChI is InChI=1S/C7H11ClN2S/c1-5(2)10(3)7-9-4-6(8)11-7/h4-5H,1-3H3. The number of halogens is 1. The number of hydrogen-bond donors (Lipinski definition) is 0. The van der Waals surface area contributed by atoms with Gasteiger partial charge in [0.25, 0.3) is 0 Å². The second-order valence-electron chi connectivity index (χ2n) is 2.65. The number of nitrogens with zero attached hydrogens (tertiary/aromatic N) is 2. The SMILES string of the molecule is CC(C)N(C)c1ncc(Cl)s1. The molecule has 62 valence electrons. The molecule has 0 N–H and O–H groups in total. The van der Waals surface area contributed by atoms with Gasteiger partial charge in [0.1, 0.15) is 4.34 Å². The summed E-state index contributed by atoms with van der Waals surface area (Å²) >= 11 is 7.24. The summed E-state index contributed by atoms with van der Waals surface area (Å²) in [5, 5.41) is 0.977. The molecule has 1 heterocycles. The molecule has 2 nitrogen and oxygen atoms in total. The molecule has 0 amide bonds. The third kappa shape index (κ3) is 2.07. The zero-order valence-electron chi connectivity index (χ0n) is 6.84. The van der Waals surface area contributed by atoms with Gasteiger partial charge < -0.3 is 4.90 Å². The Kier molecular flexibility index (Phi) is 2.73. The smallest absolute Gasteiger partial charge is 0.186 e. The van der Waals surface area contributed by atoms with E-state index in [1.807, 2.05) is 7.05 Å². The fraction of sp³-hybridized carbons (Fsp3) is 0.571. The van der Waals surface area contributed by atoms with Gasteiger partial charge in [-0.15, -0.1) is 0 Å². The van der Waals surface area contributed by atoms with E-state index in [0.717, 1.165) is 9.47 Å². The largest absolute Gasteiger partial charge is 0.349 e. The molecule has 0 bridgehead atoms. The van der Waals surface area contributed by atoms with Crippen LogP contribution in [-0.4, -0.2) is 18.1 Å². The quantitative estimate of drug-likeness (QED) is 0.713. The molecule has 0 radical (unpaired) electrons. The third-order valence-electron chi connectivity index (χ3n) is 1.54. The number of hydrogen-bond acceptors (Lipinski definition) is 3. The first-order chi connectivity index (χ1) is 5.11. The highest BCUT2D eigenvalue weighted by molar-refractivity contribution is 7.19. The fourth-order valence-electron chi connectivity index (χ4n) is 0.630. The first-order valence-electron chi connectivity index (χ1n) is 3.45. The van der Waals surface area contributed by atoms with Gasteiger partial charge in [0.2, 0.25) is 0 Å². The predicted octanol–water partition coefficient (Wildman–Crippen LogP) is 2.64. The van der Waals surface area contributed by atoms with Crippen LogP contribution in [0.15, 0.2) is 6.20 Å². The Morgan fingerprint density at radius 1 is 1.64 bits per heavy atom. The van der Waals surface area contributed by atoms with Crippen LogP contribution in [0.4, 0.5) is 5.13 Å². The minimum atomic E-state index is 0.470. The van der Waals surface area contributed by atoms with Crippen LogP contribution in [0.2, 0.25) is 4.34 Å².